The first-order valence-corrected chi connectivity index (χ1v) is 10.9. The van der Waals surface area contributed by atoms with Crippen LogP contribution in [0, 0.1) is 6.92 Å². The van der Waals surface area contributed by atoms with Crippen molar-refractivity contribution in [3.05, 3.63) is 82.2 Å². The minimum Gasteiger partial charge on any atom is -0.492 e. The summed E-state index contributed by atoms with van der Waals surface area (Å²) in [6.45, 7) is 8.73. The lowest BCUT2D eigenvalue weighted by atomic mass is 9.99. The topological polar surface area (TPSA) is 33.5 Å². The molecule has 2 aliphatic rings. The molecule has 5 nitrogen and oxygen atoms in total. The van der Waals surface area contributed by atoms with Crippen LogP contribution in [0.3, 0.4) is 0 Å². The van der Waals surface area contributed by atoms with Crippen LogP contribution < -0.4 is 4.74 Å². The zero-order chi connectivity index (χ0) is 20.5. The van der Waals surface area contributed by atoms with Crippen LogP contribution in [0.25, 0.3) is 0 Å². The highest BCUT2D eigenvalue weighted by atomic mass is 16.5. The fraction of sp³-hybridized carbons (Fsp3) is 0.400. The van der Waals surface area contributed by atoms with Crippen LogP contribution in [0.2, 0.25) is 0 Å². The van der Waals surface area contributed by atoms with Gasteiger partial charge in [-0.1, -0.05) is 30.3 Å². The quantitative estimate of drug-likeness (QED) is 0.667. The van der Waals surface area contributed by atoms with Crippen LogP contribution in [0.1, 0.15) is 33.5 Å². The fourth-order valence-corrected chi connectivity index (χ4v) is 4.73. The highest BCUT2D eigenvalue weighted by Crippen LogP contribution is 2.27. The average molecular weight is 403 g/mol. The van der Waals surface area contributed by atoms with E-state index < -0.39 is 0 Å². The van der Waals surface area contributed by atoms with Crippen molar-refractivity contribution in [3.8, 4) is 5.75 Å². The Labute approximate surface area is 178 Å². The zero-order valence-corrected chi connectivity index (χ0v) is 18.0. The molecule has 30 heavy (non-hydrogen) atoms. The van der Waals surface area contributed by atoms with Gasteiger partial charge in [0.05, 0.1) is 5.69 Å². The van der Waals surface area contributed by atoms with Gasteiger partial charge < -0.3 is 4.74 Å². The maximum atomic E-state index is 6.07. The zero-order valence-electron chi connectivity index (χ0n) is 18.0. The Morgan fingerprint density at radius 1 is 0.933 bits per heavy atom. The van der Waals surface area contributed by atoms with E-state index in [9.17, 15) is 0 Å². The SMILES string of the molecule is Cc1nn(C)cc1CN1CCOc2ccc(CN3CCc4ccccc4C3)cc2C1. The third-order valence-corrected chi connectivity index (χ3v) is 6.31. The summed E-state index contributed by atoms with van der Waals surface area (Å²) in [5.41, 5.74) is 8.05. The predicted octanol–water partition coefficient (Wildman–Crippen LogP) is 3.68. The molecule has 0 spiro atoms. The third kappa shape index (κ3) is 4.13. The molecule has 0 saturated heterocycles. The van der Waals surface area contributed by atoms with Gasteiger partial charge in [0.15, 0.2) is 0 Å². The Morgan fingerprint density at radius 3 is 2.57 bits per heavy atom. The van der Waals surface area contributed by atoms with Crippen molar-refractivity contribution in [3.63, 3.8) is 0 Å². The third-order valence-electron chi connectivity index (χ3n) is 6.31. The van der Waals surface area contributed by atoms with Crippen molar-refractivity contribution in [1.82, 2.24) is 19.6 Å². The summed E-state index contributed by atoms with van der Waals surface area (Å²) >= 11 is 0. The van der Waals surface area contributed by atoms with E-state index in [-0.39, 0.29) is 0 Å². The molecule has 5 rings (SSSR count). The van der Waals surface area contributed by atoms with Crippen LogP contribution in [0.4, 0.5) is 0 Å². The van der Waals surface area contributed by atoms with Gasteiger partial charge in [-0.15, -0.1) is 0 Å². The fourth-order valence-electron chi connectivity index (χ4n) is 4.73. The molecule has 5 heteroatoms. The standard InChI is InChI=1S/C25H30N4O/c1-19-24(15-27(2)26-19)18-29-11-12-30-25-8-7-20(13-23(25)17-29)14-28-10-9-21-5-3-4-6-22(21)16-28/h3-8,13,15H,9-12,14,16-18H2,1-2H3. The lowest BCUT2D eigenvalue weighted by Gasteiger charge is -2.29. The number of hydrogen-bond donors (Lipinski definition) is 0. The number of nitrogens with zero attached hydrogens (tertiary/aromatic N) is 4. The molecule has 156 valence electrons. The van der Waals surface area contributed by atoms with E-state index >= 15 is 0 Å². The summed E-state index contributed by atoms with van der Waals surface area (Å²) in [4.78, 5) is 5.02. The molecule has 3 aromatic rings. The maximum absolute atomic E-state index is 6.07. The minimum absolute atomic E-state index is 0.731. The smallest absolute Gasteiger partial charge is 0.123 e. The molecule has 0 radical (unpaired) electrons. The summed E-state index contributed by atoms with van der Waals surface area (Å²) in [6, 6.07) is 15.6. The molecular formula is C25H30N4O. The van der Waals surface area contributed by atoms with Gasteiger partial charge in [0, 0.05) is 63.6 Å². The molecule has 2 aliphatic heterocycles. The first kappa shape index (κ1) is 19.3. The number of ether oxygens (including phenoxy) is 1. The van der Waals surface area contributed by atoms with Crippen molar-refractivity contribution in [2.75, 3.05) is 19.7 Å². The molecule has 1 aromatic heterocycles. The van der Waals surface area contributed by atoms with Gasteiger partial charge in [0.25, 0.3) is 0 Å². The van der Waals surface area contributed by atoms with Gasteiger partial charge in [-0.2, -0.15) is 5.10 Å². The Hall–Kier alpha value is -2.63. The molecule has 3 heterocycles. The summed E-state index contributed by atoms with van der Waals surface area (Å²) in [5, 5.41) is 4.49. The van der Waals surface area contributed by atoms with E-state index in [1.807, 2.05) is 11.7 Å². The van der Waals surface area contributed by atoms with E-state index in [4.69, 9.17) is 4.74 Å². The second kappa shape index (κ2) is 8.25. The van der Waals surface area contributed by atoms with E-state index in [1.165, 1.54) is 27.8 Å². The average Bonchev–Trinajstić information content (AvgIpc) is 2.93. The van der Waals surface area contributed by atoms with Crippen molar-refractivity contribution in [1.29, 1.82) is 0 Å². The largest absolute Gasteiger partial charge is 0.492 e. The highest BCUT2D eigenvalue weighted by molar-refractivity contribution is 5.38. The lowest BCUT2D eigenvalue weighted by Crippen LogP contribution is -2.30. The van der Waals surface area contributed by atoms with Crippen LogP contribution in [0.5, 0.6) is 5.75 Å². The normalized spacial score (nSPS) is 17.1. The van der Waals surface area contributed by atoms with Crippen molar-refractivity contribution >= 4 is 0 Å². The van der Waals surface area contributed by atoms with E-state index in [1.54, 1.807) is 0 Å². The van der Waals surface area contributed by atoms with Crippen molar-refractivity contribution in [2.45, 2.75) is 39.5 Å². The molecule has 0 aliphatic carbocycles. The van der Waals surface area contributed by atoms with Crippen molar-refractivity contribution in [2.24, 2.45) is 7.05 Å². The second-order valence-electron chi connectivity index (χ2n) is 8.64. The Morgan fingerprint density at radius 2 is 1.73 bits per heavy atom. The molecule has 0 unspecified atom stereocenters. The number of aromatic nitrogens is 2. The Kier molecular flexibility index (Phi) is 5.32. The van der Waals surface area contributed by atoms with Crippen molar-refractivity contribution < 1.29 is 4.74 Å². The van der Waals surface area contributed by atoms with Gasteiger partial charge in [-0.3, -0.25) is 14.5 Å². The monoisotopic (exact) mass is 402 g/mol. The van der Waals surface area contributed by atoms with Gasteiger partial charge in [-0.25, -0.2) is 0 Å². The molecule has 0 amide bonds. The van der Waals surface area contributed by atoms with Gasteiger partial charge in [-0.05, 0) is 42.2 Å². The summed E-state index contributed by atoms with van der Waals surface area (Å²) in [5.74, 6) is 1.04. The summed E-state index contributed by atoms with van der Waals surface area (Å²) in [6.07, 6.45) is 3.27. The molecular weight excluding hydrogens is 372 g/mol. The second-order valence-corrected chi connectivity index (χ2v) is 8.64. The van der Waals surface area contributed by atoms with E-state index in [0.717, 1.165) is 63.7 Å². The first-order chi connectivity index (χ1) is 14.6. The molecule has 0 atom stereocenters. The number of fused-ring (bicyclic) bond motifs is 2. The first-order valence-electron chi connectivity index (χ1n) is 10.9. The Balaban J connectivity index is 1.29. The van der Waals surface area contributed by atoms with Crippen LogP contribution in [-0.2, 0) is 39.6 Å². The highest BCUT2D eigenvalue weighted by Gasteiger charge is 2.19. The molecule has 2 aromatic carbocycles. The van der Waals surface area contributed by atoms with Crippen LogP contribution in [-0.4, -0.2) is 39.3 Å². The number of rotatable bonds is 4. The molecule has 0 N–H and O–H groups in total. The minimum atomic E-state index is 0.731. The summed E-state index contributed by atoms with van der Waals surface area (Å²) in [7, 11) is 1.99. The maximum Gasteiger partial charge on any atom is 0.123 e. The number of aryl methyl sites for hydroxylation is 2. The molecule has 0 fully saturated rings. The van der Waals surface area contributed by atoms with Crippen LogP contribution in [0.15, 0.2) is 48.7 Å². The number of hydrogen-bond acceptors (Lipinski definition) is 4. The van der Waals surface area contributed by atoms with Crippen LogP contribution >= 0.6 is 0 Å². The van der Waals surface area contributed by atoms with Gasteiger partial charge in [0.1, 0.15) is 12.4 Å². The predicted molar refractivity (Wildman–Crippen MR) is 118 cm³/mol. The van der Waals surface area contributed by atoms with E-state index in [2.05, 4.69) is 70.5 Å². The van der Waals surface area contributed by atoms with Gasteiger partial charge >= 0.3 is 0 Å². The molecule has 0 bridgehead atoms. The Bertz CT molecular complexity index is 1040. The van der Waals surface area contributed by atoms with Gasteiger partial charge in [0.2, 0.25) is 0 Å². The molecule has 0 saturated carbocycles. The summed E-state index contributed by atoms with van der Waals surface area (Å²) < 4.78 is 7.97. The number of benzene rings is 2. The lowest BCUT2D eigenvalue weighted by molar-refractivity contribution is 0.219. The van der Waals surface area contributed by atoms with E-state index in [0.29, 0.717) is 0 Å².